The molecule has 1 aromatic carbocycles. The number of alkyl halides is 3. The van der Waals surface area contributed by atoms with Crippen LogP contribution in [0.2, 0.25) is 0 Å². The summed E-state index contributed by atoms with van der Waals surface area (Å²) in [5, 5.41) is 0. The lowest BCUT2D eigenvalue weighted by molar-refractivity contribution is -0.333. The molecule has 27 heavy (non-hydrogen) atoms. The highest BCUT2D eigenvalue weighted by atomic mass is 19.4. The van der Waals surface area contributed by atoms with Gasteiger partial charge in [-0.3, -0.25) is 0 Å². The van der Waals surface area contributed by atoms with E-state index >= 15 is 0 Å². The Morgan fingerprint density at radius 3 is 2.44 bits per heavy atom. The zero-order chi connectivity index (χ0) is 19.9. The van der Waals surface area contributed by atoms with Gasteiger partial charge in [-0.05, 0) is 38.5 Å². The van der Waals surface area contributed by atoms with Crippen LogP contribution in [0.1, 0.15) is 45.6 Å². The zero-order valence-electron chi connectivity index (χ0n) is 15.4. The third-order valence-electron chi connectivity index (χ3n) is 4.43. The molecule has 1 saturated heterocycles. The van der Waals surface area contributed by atoms with Gasteiger partial charge in [-0.25, -0.2) is 4.79 Å². The second-order valence-electron chi connectivity index (χ2n) is 7.76. The van der Waals surface area contributed by atoms with Crippen molar-refractivity contribution in [2.45, 2.75) is 63.5 Å². The van der Waals surface area contributed by atoms with Crippen LogP contribution in [0.25, 0.3) is 0 Å². The van der Waals surface area contributed by atoms with Crippen LogP contribution in [0.15, 0.2) is 29.3 Å². The van der Waals surface area contributed by atoms with Gasteiger partial charge in [0.05, 0.1) is 6.61 Å². The third kappa shape index (κ3) is 4.26. The summed E-state index contributed by atoms with van der Waals surface area (Å²) in [5.74, 6) is 0.341. The summed E-state index contributed by atoms with van der Waals surface area (Å²) in [5.41, 5.74) is -2.16. The number of aliphatic imine (C=N–C) groups is 1. The fraction of sp³-hybridized carbons (Fsp3) is 0.579. The van der Waals surface area contributed by atoms with Crippen LogP contribution in [-0.2, 0) is 15.1 Å². The maximum absolute atomic E-state index is 13.4. The first-order valence-corrected chi connectivity index (χ1v) is 8.76. The van der Waals surface area contributed by atoms with E-state index in [0.717, 1.165) is 0 Å². The average molecular weight is 385 g/mol. The molecule has 0 N–H and O–H groups in total. The molecule has 1 aliphatic carbocycles. The molecule has 3 rings (SSSR count). The molecule has 0 aromatic heterocycles. The molecule has 0 bridgehead atoms. The van der Waals surface area contributed by atoms with Crippen molar-refractivity contribution in [1.29, 1.82) is 0 Å². The number of rotatable bonds is 3. The summed E-state index contributed by atoms with van der Waals surface area (Å²) < 4.78 is 55.9. The molecule has 1 aromatic rings. The maximum Gasteiger partial charge on any atom is 0.434 e. The SMILES string of the molecule is CC(C)(C)OC(=O)N=C1CC(Oc2cccc(C3(C(F)(F)F)CCO3)c2)C1. The lowest BCUT2D eigenvalue weighted by Gasteiger charge is -2.43. The number of hydrogen-bond donors (Lipinski definition) is 0. The van der Waals surface area contributed by atoms with Gasteiger partial charge in [0.2, 0.25) is 0 Å². The lowest BCUT2D eigenvalue weighted by Crippen LogP contribution is -2.52. The largest absolute Gasteiger partial charge is 0.490 e. The van der Waals surface area contributed by atoms with Gasteiger partial charge in [-0.15, -0.1) is 0 Å². The molecule has 0 radical (unpaired) electrons. The molecule has 8 heteroatoms. The van der Waals surface area contributed by atoms with Crippen molar-refractivity contribution in [2.75, 3.05) is 6.61 Å². The van der Waals surface area contributed by atoms with E-state index in [2.05, 4.69) is 4.99 Å². The first kappa shape index (κ1) is 19.7. The maximum atomic E-state index is 13.4. The Bertz CT molecular complexity index is 740. The molecule has 1 atom stereocenters. The molecule has 1 heterocycles. The van der Waals surface area contributed by atoms with Gasteiger partial charge in [-0.2, -0.15) is 18.2 Å². The highest BCUT2D eigenvalue weighted by Gasteiger charge is 2.61. The number of hydrogen-bond acceptors (Lipinski definition) is 4. The van der Waals surface area contributed by atoms with Crippen molar-refractivity contribution < 1.29 is 32.2 Å². The molecule has 5 nitrogen and oxygen atoms in total. The van der Waals surface area contributed by atoms with Crippen LogP contribution < -0.4 is 4.74 Å². The van der Waals surface area contributed by atoms with Gasteiger partial charge in [0.1, 0.15) is 17.5 Å². The molecule has 1 amide bonds. The highest BCUT2D eigenvalue weighted by Crippen LogP contribution is 2.50. The molecular formula is C19H22F3NO4. The number of amides is 1. The second kappa shape index (κ2) is 6.82. The molecule has 0 spiro atoms. The van der Waals surface area contributed by atoms with E-state index in [-0.39, 0.29) is 24.7 Å². The zero-order valence-corrected chi connectivity index (χ0v) is 15.4. The van der Waals surface area contributed by atoms with E-state index < -0.39 is 23.5 Å². The van der Waals surface area contributed by atoms with Gasteiger partial charge >= 0.3 is 12.3 Å². The first-order chi connectivity index (χ1) is 12.5. The number of carbonyl (C=O) groups is 1. The molecular weight excluding hydrogens is 363 g/mol. The number of carbonyl (C=O) groups excluding carboxylic acids is 1. The van der Waals surface area contributed by atoms with Gasteiger partial charge in [-0.1, -0.05) is 12.1 Å². The average Bonchev–Trinajstić information content (AvgIpc) is 2.40. The van der Waals surface area contributed by atoms with Crippen LogP contribution in [0.4, 0.5) is 18.0 Å². The van der Waals surface area contributed by atoms with Gasteiger partial charge in [0.15, 0.2) is 5.60 Å². The standard InChI is InChI=1S/C19H22F3NO4/c1-17(2,3)27-16(24)23-13-10-15(11-13)26-14-6-4-5-12(9-14)18(7-8-25-18)19(20,21)22/h4-6,9,15H,7-8,10-11H2,1-3H3. The van der Waals surface area contributed by atoms with E-state index in [1.807, 2.05) is 0 Å². The van der Waals surface area contributed by atoms with Crippen molar-refractivity contribution in [3.8, 4) is 5.75 Å². The van der Waals surface area contributed by atoms with Crippen molar-refractivity contribution in [3.63, 3.8) is 0 Å². The van der Waals surface area contributed by atoms with Crippen molar-refractivity contribution in [3.05, 3.63) is 29.8 Å². The van der Waals surface area contributed by atoms with Crippen molar-refractivity contribution >= 4 is 11.8 Å². The van der Waals surface area contributed by atoms with E-state index in [1.165, 1.54) is 18.2 Å². The Hall–Kier alpha value is -2.09. The minimum Gasteiger partial charge on any atom is -0.490 e. The summed E-state index contributed by atoms with van der Waals surface area (Å²) in [4.78, 5) is 15.5. The minimum absolute atomic E-state index is 0.0423. The number of ether oxygens (including phenoxy) is 3. The normalized spacial score (nSPS) is 25.3. The van der Waals surface area contributed by atoms with Gasteiger partial charge in [0, 0.05) is 25.0 Å². The lowest BCUT2D eigenvalue weighted by atomic mass is 9.85. The third-order valence-corrected chi connectivity index (χ3v) is 4.43. The topological polar surface area (TPSA) is 57.1 Å². The van der Waals surface area contributed by atoms with Crippen LogP contribution in [0, 0.1) is 0 Å². The number of nitrogens with zero attached hydrogens (tertiary/aromatic N) is 1. The van der Waals surface area contributed by atoms with Crippen molar-refractivity contribution in [2.24, 2.45) is 4.99 Å². The van der Waals surface area contributed by atoms with E-state index in [0.29, 0.717) is 24.3 Å². The number of halogens is 3. The summed E-state index contributed by atoms with van der Waals surface area (Å²) in [6, 6.07) is 5.90. The number of benzene rings is 1. The van der Waals surface area contributed by atoms with Crippen molar-refractivity contribution in [1.82, 2.24) is 0 Å². The molecule has 148 valence electrons. The summed E-state index contributed by atoms with van der Waals surface area (Å²) >= 11 is 0. The Balaban J connectivity index is 1.60. The first-order valence-electron chi connectivity index (χ1n) is 8.76. The summed E-state index contributed by atoms with van der Waals surface area (Å²) in [6.45, 7) is 5.34. The molecule has 1 saturated carbocycles. The fourth-order valence-corrected chi connectivity index (χ4v) is 2.99. The Morgan fingerprint density at radius 1 is 1.26 bits per heavy atom. The van der Waals surface area contributed by atoms with Crippen LogP contribution in [0.5, 0.6) is 5.75 Å². The summed E-state index contributed by atoms with van der Waals surface area (Å²) in [6.07, 6.45) is -4.59. The Kier molecular flexibility index (Phi) is 4.96. The fourth-order valence-electron chi connectivity index (χ4n) is 2.99. The predicted molar refractivity (Wildman–Crippen MR) is 92.1 cm³/mol. The smallest absolute Gasteiger partial charge is 0.434 e. The van der Waals surface area contributed by atoms with E-state index in [1.54, 1.807) is 26.8 Å². The van der Waals surface area contributed by atoms with E-state index in [4.69, 9.17) is 14.2 Å². The molecule has 1 unspecified atom stereocenters. The Morgan fingerprint density at radius 2 is 1.93 bits per heavy atom. The molecule has 2 aliphatic rings. The van der Waals surface area contributed by atoms with Crippen LogP contribution in [-0.4, -0.2) is 36.3 Å². The quantitative estimate of drug-likeness (QED) is 0.751. The highest BCUT2D eigenvalue weighted by molar-refractivity contribution is 5.97. The van der Waals surface area contributed by atoms with E-state index in [9.17, 15) is 18.0 Å². The van der Waals surface area contributed by atoms with Crippen LogP contribution >= 0.6 is 0 Å². The monoisotopic (exact) mass is 385 g/mol. The van der Waals surface area contributed by atoms with Crippen LogP contribution in [0.3, 0.4) is 0 Å². The molecule has 1 aliphatic heterocycles. The Labute approximate surface area is 155 Å². The molecule has 2 fully saturated rings. The second-order valence-corrected chi connectivity index (χ2v) is 7.76. The predicted octanol–water partition coefficient (Wildman–Crippen LogP) is 4.78. The minimum atomic E-state index is -4.48. The van der Waals surface area contributed by atoms with Gasteiger partial charge < -0.3 is 14.2 Å². The van der Waals surface area contributed by atoms with Gasteiger partial charge in [0.25, 0.3) is 0 Å². The summed E-state index contributed by atoms with van der Waals surface area (Å²) in [7, 11) is 0.